The number of benzene rings is 2. The zero-order valence-electron chi connectivity index (χ0n) is 16.0. The molecule has 29 heavy (non-hydrogen) atoms. The molecule has 1 saturated carbocycles. The first-order chi connectivity index (χ1) is 14.1. The van der Waals surface area contributed by atoms with E-state index in [-0.39, 0.29) is 5.91 Å². The first kappa shape index (κ1) is 18.9. The van der Waals surface area contributed by atoms with Crippen LogP contribution in [0.2, 0.25) is 0 Å². The fourth-order valence-electron chi connectivity index (χ4n) is 3.75. The maximum Gasteiger partial charge on any atom is 0.307 e. The number of carbonyl (C=O) groups excluding carboxylic acids is 1. The van der Waals surface area contributed by atoms with E-state index in [0.29, 0.717) is 19.4 Å². The summed E-state index contributed by atoms with van der Waals surface area (Å²) < 4.78 is 1.88. The molecule has 2 aromatic carbocycles. The summed E-state index contributed by atoms with van der Waals surface area (Å²) in [6.45, 7) is 1.10. The van der Waals surface area contributed by atoms with E-state index in [2.05, 4.69) is 34.7 Å². The van der Waals surface area contributed by atoms with Gasteiger partial charge in [-0.05, 0) is 41.2 Å². The maximum absolute atomic E-state index is 12.4. The molecule has 1 aromatic heterocycles. The second-order valence-electron chi connectivity index (χ2n) is 7.40. The first-order valence-electron chi connectivity index (χ1n) is 9.77. The third kappa shape index (κ3) is 4.21. The van der Waals surface area contributed by atoms with Crippen LogP contribution in [0.1, 0.15) is 24.0 Å². The Morgan fingerprint density at radius 1 is 1.03 bits per heavy atom. The third-order valence-electron chi connectivity index (χ3n) is 5.57. The Bertz CT molecular complexity index is 996. The standard InChI is InChI=1S/C23H23N3O3/c27-22(20-10-11-21(20)23(28)29)24-14-18-4-1-2-5-19(18)17-8-6-16(7-9-17)15-26-13-3-12-25-26/h1-9,12-13,20-21H,10-11,14-15H2,(H,24,27)(H,28,29). The lowest BCUT2D eigenvalue weighted by atomic mass is 9.73. The lowest BCUT2D eigenvalue weighted by Gasteiger charge is -2.32. The van der Waals surface area contributed by atoms with Crippen molar-refractivity contribution in [3.05, 3.63) is 78.1 Å². The summed E-state index contributed by atoms with van der Waals surface area (Å²) >= 11 is 0. The summed E-state index contributed by atoms with van der Waals surface area (Å²) in [4.78, 5) is 23.5. The summed E-state index contributed by atoms with van der Waals surface area (Å²) in [6.07, 6.45) is 4.92. The van der Waals surface area contributed by atoms with E-state index in [9.17, 15) is 9.59 Å². The van der Waals surface area contributed by atoms with Gasteiger partial charge in [-0.1, -0.05) is 48.5 Å². The molecule has 6 heteroatoms. The number of carboxylic acid groups (broad SMARTS) is 1. The highest BCUT2D eigenvalue weighted by Gasteiger charge is 2.41. The van der Waals surface area contributed by atoms with Crippen molar-refractivity contribution in [3.8, 4) is 11.1 Å². The van der Waals surface area contributed by atoms with Gasteiger partial charge in [0.25, 0.3) is 0 Å². The summed E-state index contributed by atoms with van der Waals surface area (Å²) in [5.74, 6) is -2.02. The van der Waals surface area contributed by atoms with Gasteiger partial charge in [-0.2, -0.15) is 5.10 Å². The number of hydrogen-bond acceptors (Lipinski definition) is 3. The molecule has 6 nitrogen and oxygen atoms in total. The van der Waals surface area contributed by atoms with Crippen LogP contribution in [0.25, 0.3) is 11.1 Å². The Labute approximate surface area is 169 Å². The van der Waals surface area contributed by atoms with Crippen LogP contribution in [0.5, 0.6) is 0 Å². The second kappa shape index (κ2) is 8.31. The van der Waals surface area contributed by atoms with Gasteiger partial charge in [0.15, 0.2) is 0 Å². The molecule has 2 atom stereocenters. The molecule has 0 aliphatic heterocycles. The fraction of sp³-hybridized carbons (Fsp3) is 0.261. The predicted molar refractivity (Wildman–Crippen MR) is 109 cm³/mol. The van der Waals surface area contributed by atoms with Gasteiger partial charge >= 0.3 is 5.97 Å². The van der Waals surface area contributed by atoms with Crippen LogP contribution in [0.15, 0.2) is 67.0 Å². The van der Waals surface area contributed by atoms with E-state index in [1.54, 1.807) is 6.20 Å². The van der Waals surface area contributed by atoms with E-state index in [1.807, 2.05) is 41.2 Å². The molecule has 0 bridgehead atoms. The average molecular weight is 389 g/mol. The molecular formula is C23H23N3O3. The Morgan fingerprint density at radius 2 is 1.79 bits per heavy atom. The highest BCUT2D eigenvalue weighted by Crippen LogP contribution is 2.34. The molecule has 3 aromatic rings. The summed E-state index contributed by atoms with van der Waals surface area (Å²) in [5, 5.41) is 16.3. The third-order valence-corrected chi connectivity index (χ3v) is 5.57. The molecule has 1 aliphatic rings. The van der Waals surface area contributed by atoms with Gasteiger partial charge in [0.05, 0.1) is 18.4 Å². The molecule has 2 N–H and O–H groups in total. The molecule has 0 saturated heterocycles. The van der Waals surface area contributed by atoms with Crippen molar-refractivity contribution in [2.75, 3.05) is 0 Å². The van der Waals surface area contributed by atoms with Gasteiger partial charge < -0.3 is 10.4 Å². The molecule has 4 rings (SSSR count). The largest absolute Gasteiger partial charge is 0.481 e. The molecule has 1 amide bonds. The van der Waals surface area contributed by atoms with Gasteiger partial charge in [0.2, 0.25) is 5.91 Å². The molecule has 0 radical (unpaired) electrons. The minimum Gasteiger partial charge on any atom is -0.481 e. The average Bonchev–Trinajstić information content (AvgIpc) is 3.19. The zero-order valence-corrected chi connectivity index (χ0v) is 16.0. The first-order valence-corrected chi connectivity index (χ1v) is 9.77. The fourth-order valence-corrected chi connectivity index (χ4v) is 3.75. The van der Waals surface area contributed by atoms with Crippen LogP contribution in [-0.4, -0.2) is 26.8 Å². The highest BCUT2D eigenvalue weighted by molar-refractivity contribution is 5.86. The number of amides is 1. The van der Waals surface area contributed by atoms with Gasteiger partial charge in [-0.15, -0.1) is 0 Å². The van der Waals surface area contributed by atoms with Crippen LogP contribution in [0, 0.1) is 11.8 Å². The number of aliphatic carboxylic acids is 1. The summed E-state index contributed by atoms with van der Waals surface area (Å²) in [7, 11) is 0. The number of aromatic nitrogens is 2. The van der Waals surface area contributed by atoms with E-state index >= 15 is 0 Å². The van der Waals surface area contributed by atoms with Crippen molar-refractivity contribution in [1.82, 2.24) is 15.1 Å². The lowest BCUT2D eigenvalue weighted by molar-refractivity contribution is -0.152. The van der Waals surface area contributed by atoms with E-state index in [1.165, 1.54) is 0 Å². The van der Waals surface area contributed by atoms with Crippen LogP contribution in [0.4, 0.5) is 0 Å². The smallest absolute Gasteiger partial charge is 0.307 e. The second-order valence-corrected chi connectivity index (χ2v) is 7.40. The molecular weight excluding hydrogens is 366 g/mol. The van der Waals surface area contributed by atoms with E-state index in [0.717, 1.165) is 28.8 Å². The van der Waals surface area contributed by atoms with Crippen molar-refractivity contribution in [1.29, 1.82) is 0 Å². The Hall–Kier alpha value is -3.41. The number of hydrogen-bond donors (Lipinski definition) is 2. The van der Waals surface area contributed by atoms with Crippen molar-refractivity contribution in [3.63, 3.8) is 0 Å². The summed E-state index contributed by atoms with van der Waals surface area (Å²) in [5.41, 5.74) is 4.30. The topological polar surface area (TPSA) is 84.2 Å². The quantitative estimate of drug-likeness (QED) is 0.649. The molecule has 1 aliphatic carbocycles. The van der Waals surface area contributed by atoms with Crippen molar-refractivity contribution >= 4 is 11.9 Å². The predicted octanol–water partition coefficient (Wildman–Crippen LogP) is 3.33. The Morgan fingerprint density at radius 3 is 2.45 bits per heavy atom. The number of carboxylic acids is 1. The van der Waals surface area contributed by atoms with Gasteiger partial charge in [0.1, 0.15) is 0 Å². The van der Waals surface area contributed by atoms with Crippen molar-refractivity contribution in [2.24, 2.45) is 11.8 Å². The van der Waals surface area contributed by atoms with Crippen LogP contribution >= 0.6 is 0 Å². The number of nitrogens with zero attached hydrogens (tertiary/aromatic N) is 2. The number of carbonyl (C=O) groups is 2. The lowest BCUT2D eigenvalue weighted by Crippen LogP contribution is -2.43. The molecule has 1 heterocycles. The van der Waals surface area contributed by atoms with E-state index < -0.39 is 17.8 Å². The zero-order chi connectivity index (χ0) is 20.2. The van der Waals surface area contributed by atoms with Gasteiger partial charge in [-0.3, -0.25) is 14.3 Å². The Kier molecular flexibility index (Phi) is 5.42. The van der Waals surface area contributed by atoms with Crippen LogP contribution in [-0.2, 0) is 22.7 Å². The van der Waals surface area contributed by atoms with Gasteiger partial charge in [-0.25, -0.2) is 0 Å². The number of rotatable bonds is 7. The van der Waals surface area contributed by atoms with Gasteiger partial charge in [0, 0.05) is 18.9 Å². The monoisotopic (exact) mass is 389 g/mol. The molecule has 148 valence electrons. The molecule has 1 fully saturated rings. The minimum atomic E-state index is -0.882. The molecule has 0 spiro atoms. The van der Waals surface area contributed by atoms with Crippen molar-refractivity contribution in [2.45, 2.75) is 25.9 Å². The van der Waals surface area contributed by atoms with Crippen LogP contribution in [0.3, 0.4) is 0 Å². The Balaban J connectivity index is 1.44. The molecule has 2 unspecified atom stereocenters. The minimum absolute atomic E-state index is 0.173. The summed E-state index contributed by atoms with van der Waals surface area (Å²) in [6, 6.07) is 18.2. The highest BCUT2D eigenvalue weighted by atomic mass is 16.4. The normalized spacial score (nSPS) is 18.1. The maximum atomic E-state index is 12.4. The number of nitrogens with one attached hydrogen (secondary N) is 1. The van der Waals surface area contributed by atoms with Crippen molar-refractivity contribution < 1.29 is 14.7 Å². The SMILES string of the molecule is O=C(O)C1CCC1C(=O)NCc1ccccc1-c1ccc(Cn2cccn2)cc1. The van der Waals surface area contributed by atoms with E-state index in [4.69, 9.17) is 5.11 Å². The van der Waals surface area contributed by atoms with Crippen LogP contribution < -0.4 is 5.32 Å².